The molecule has 0 unspecified atom stereocenters. The number of rotatable bonds is 18. The molecule has 3 rings (SSSR count). The summed E-state index contributed by atoms with van der Waals surface area (Å²) in [5, 5.41) is 0.665. The largest absolute Gasteiger partial charge is 0.463 e. The smallest absolute Gasteiger partial charge is 0.413 e. The SMILES string of the molecule is CCCCc1cccc(OP(=O)(Oc2cccc(CCCC)c2CCCC)c2ccccc2CC)c1CCCC. The summed E-state index contributed by atoms with van der Waals surface area (Å²) in [4.78, 5) is 0. The van der Waals surface area contributed by atoms with Crippen LogP contribution >= 0.6 is 7.60 Å². The molecule has 0 bridgehead atoms. The first-order valence-corrected chi connectivity index (χ1v) is 17.3. The Morgan fingerprint density at radius 1 is 0.525 bits per heavy atom. The van der Waals surface area contributed by atoms with Crippen molar-refractivity contribution in [2.24, 2.45) is 0 Å². The Kier molecular flexibility index (Phi) is 13.3. The van der Waals surface area contributed by atoms with Crippen LogP contribution in [0.5, 0.6) is 11.5 Å². The Hall–Kier alpha value is -2.51. The minimum Gasteiger partial charge on any atom is -0.413 e. The van der Waals surface area contributed by atoms with Gasteiger partial charge in [0.05, 0.1) is 5.30 Å². The second-order valence-corrected chi connectivity index (χ2v) is 12.7. The summed E-state index contributed by atoms with van der Waals surface area (Å²) in [7, 11) is -3.78. The van der Waals surface area contributed by atoms with E-state index in [0.717, 1.165) is 89.0 Å². The molecule has 0 aromatic heterocycles. The van der Waals surface area contributed by atoms with Crippen LogP contribution in [0.4, 0.5) is 0 Å². The van der Waals surface area contributed by atoms with Crippen molar-refractivity contribution in [2.45, 2.75) is 118 Å². The molecule has 0 amide bonds. The second kappa shape index (κ2) is 16.7. The van der Waals surface area contributed by atoms with Gasteiger partial charge in [0, 0.05) is 0 Å². The molecule has 0 aliphatic rings. The van der Waals surface area contributed by atoms with E-state index < -0.39 is 7.60 Å². The highest BCUT2D eigenvalue weighted by Crippen LogP contribution is 2.51. The Morgan fingerprint density at radius 3 is 1.40 bits per heavy atom. The number of benzene rings is 3. The monoisotopic (exact) mass is 562 g/mol. The van der Waals surface area contributed by atoms with Gasteiger partial charge in [-0.05, 0) is 104 Å². The van der Waals surface area contributed by atoms with E-state index in [-0.39, 0.29) is 0 Å². The van der Waals surface area contributed by atoms with Crippen molar-refractivity contribution in [1.82, 2.24) is 0 Å². The topological polar surface area (TPSA) is 35.5 Å². The third kappa shape index (κ3) is 8.50. The van der Waals surface area contributed by atoms with Crippen LogP contribution in [-0.2, 0) is 36.7 Å². The average molecular weight is 563 g/mol. The van der Waals surface area contributed by atoms with Gasteiger partial charge in [-0.2, -0.15) is 0 Å². The maximum absolute atomic E-state index is 15.2. The lowest BCUT2D eigenvalue weighted by Crippen LogP contribution is -2.20. The van der Waals surface area contributed by atoms with Gasteiger partial charge in [0.25, 0.3) is 0 Å². The molecule has 3 nitrogen and oxygen atoms in total. The molecule has 0 saturated carbocycles. The summed E-state index contributed by atoms with van der Waals surface area (Å²) in [6.07, 6.45) is 13.4. The number of hydrogen-bond donors (Lipinski definition) is 0. The van der Waals surface area contributed by atoms with Gasteiger partial charge in [-0.3, -0.25) is 0 Å². The molecule has 218 valence electrons. The van der Waals surface area contributed by atoms with Crippen molar-refractivity contribution in [3.05, 3.63) is 88.5 Å². The van der Waals surface area contributed by atoms with Crippen LogP contribution in [0.2, 0.25) is 0 Å². The molecule has 3 aromatic carbocycles. The van der Waals surface area contributed by atoms with Crippen molar-refractivity contribution in [2.75, 3.05) is 0 Å². The van der Waals surface area contributed by atoms with Gasteiger partial charge in [-0.1, -0.05) is 103 Å². The number of unbranched alkanes of at least 4 members (excludes halogenated alkanes) is 4. The Labute approximate surface area is 244 Å². The fourth-order valence-corrected chi connectivity index (χ4v) is 7.27. The van der Waals surface area contributed by atoms with Gasteiger partial charge in [-0.25, -0.2) is 4.57 Å². The Bertz CT molecular complexity index is 1160. The molecule has 0 atom stereocenters. The molecular weight excluding hydrogens is 511 g/mol. The predicted octanol–water partition coefficient (Wildman–Crippen LogP) is 10.6. The van der Waals surface area contributed by atoms with Crippen LogP contribution in [0.1, 0.15) is 114 Å². The minimum absolute atomic E-state index is 0.665. The van der Waals surface area contributed by atoms with E-state index >= 15 is 4.57 Å². The van der Waals surface area contributed by atoms with E-state index in [1.807, 2.05) is 48.5 Å². The third-order valence-electron chi connectivity index (χ3n) is 7.72. The van der Waals surface area contributed by atoms with Crippen LogP contribution < -0.4 is 14.4 Å². The van der Waals surface area contributed by atoms with E-state index in [1.165, 1.54) is 22.3 Å². The molecule has 0 aliphatic carbocycles. The quantitative estimate of drug-likeness (QED) is 0.145. The fourth-order valence-electron chi connectivity index (χ4n) is 5.32. The lowest BCUT2D eigenvalue weighted by Gasteiger charge is -2.26. The average Bonchev–Trinajstić information content (AvgIpc) is 2.97. The molecule has 0 radical (unpaired) electrons. The van der Waals surface area contributed by atoms with Crippen molar-refractivity contribution in [1.29, 1.82) is 0 Å². The number of hydrogen-bond acceptors (Lipinski definition) is 3. The highest BCUT2D eigenvalue weighted by atomic mass is 31.2. The molecule has 0 aliphatic heterocycles. The maximum Gasteiger partial charge on any atom is 0.463 e. The summed E-state index contributed by atoms with van der Waals surface area (Å²) in [5.41, 5.74) is 5.96. The molecule has 0 fully saturated rings. The Balaban J connectivity index is 2.15. The maximum atomic E-state index is 15.2. The van der Waals surface area contributed by atoms with Crippen LogP contribution in [0.25, 0.3) is 0 Å². The molecule has 40 heavy (non-hydrogen) atoms. The molecule has 0 spiro atoms. The molecule has 0 heterocycles. The summed E-state index contributed by atoms with van der Waals surface area (Å²) in [5.74, 6) is 1.40. The first-order chi connectivity index (χ1) is 19.5. The van der Waals surface area contributed by atoms with Gasteiger partial charge in [0.1, 0.15) is 11.5 Å². The minimum atomic E-state index is -3.78. The number of aryl methyl sites for hydroxylation is 3. The van der Waals surface area contributed by atoms with E-state index in [0.29, 0.717) is 16.8 Å². The molecule has 3 aromatic rings. The van der Waals surface area contributed by atoms with E-state index in [1.54, 1.807) is 0 Å². The van der Waals surface area contributed by atoms with Gasteiger partial charge < -0.3 is 9.05 Å². The van der Waals surface area contributed by atoms with Gasteiger partial charge in [0.15, 0.2) is 0 Å². The van der Waals surface area contributed by atoms with Crippen molar-refractivity contribution in [3.8, 4) is 11.5 Å². The van der Waals surface area contributed by atoms with Crippen LogP contribution in [0, 0.1) is 0 Å². The zero-order valence-electron chi connectivity index (χ0n) is 25.6. The standard InChI is InChI=1S/C36H51O3P/c1-6-11-19-30-22-17-26-34(32(30)24-13-8-3)38-40(37,36-28-16-15-21-29(36)10-5)39-35-27-18-23-31(20-12-7-2)33(35)25-14-9-4/h15-18,21-23,26-28H,6-14,19-20,24-25H2,1-5H3. The summed E-state index contributed by atoms with van der Waals surface area (Å²) in [6.45, 7) is 11.0. The van der Waals surface area contributed by atoms with Gasteiger partial charge >= 0.3 is 7.60 Å². The van der Waals surface area contributed by atoms with Crippen LogP contribution in [0.15, 0.2) is 60.7 Å². The van der Waals surface area contributed by atoms with E-state index in [2.05, 4.69) is 46.8 Å². The van der Waals surface area contributed by atoms with Gasteiger partial charge in [-0.15, -0.1) is 0 Å². The van der Waals surface area contributed by atoms with Crippen LogP contribution in [-0.4, -0.2) is 0 Å². The first-order valence-electron chi connectivity index (χ1n) is 15.8. The second-order valence-electron chi connectivity index (χ2n) is 10.9. The van der Waals surface area contributed by atoms with Gasteiger partial charge in [0.2, 0.25) is 0 Å². The lowest BCUT2D eigenvalue weighted by atomic mass is 9.97. The summed E-state index contributed by atoms with van der Waals surface area (Å²) < 4.78 is 28.6. The van der Waals surface area contributed by atoms with Crippen molar-refractivity contribution >= 4 is 12.9 Å². The van der Waals surface area contributed by atoms with E-state index in [9.17, 15) is 0 Å². The predicted molar refractivity (Wildman–Crippen MR) is 172 cm³/mol. The zero-order valence-corrected chi connectivity index (χ0v) is 26.5. The Morgan fingerprint density at radius 2 is 0.950 bits per heavy atom. The lowest BCUT2D eigenvalue weighted by molar-refractivity contribution is 0.394. The third-order valence-corrected chi connectivity index (χ3v) is 9.63. The van der Waals surface area contributed by atoms with Crippen LogP contribution in [0.3, 0.4) is 0 Å². The normalized spacial score (nSPS) is 11.5. The fraction of sp³-hybridized carbons (Fsp3) is 0.500. The first kappa shape index (κ1) is 32.0. The molecule has 0 N–H and O–H groups in total. The van der Waals surface area contributed by atoms with Crippen molar-refractivity contribution in [3.63, 3.8) is 0 Å². The highest BCUT2D eigenvalue weighted by molar-refractivity contribution is 7.63. The van der Waals surface area contributed by atoms with Crippen molar-refractivity contribution < 1.29 is 13.6 Å². The summed E-state index contributed by atoms with van der Waals surface area (Å²) >= 11 is 0. The molecular formula is C36H51O3P. The van der Waals surface area contributed by atoms with E-state index in [4.69, 9.17) is 9.05 Å². The highest BCUT2D eigenvalue weighted by Gasteiger charge is 2.35. The molecule has 4 heteroatoms. The zero-order chi connectivity index (χ0) is 28.8. The summed E-state index contributed by atoms with van der Waals surface area (Å²) in [6, 6.07) is 20.4. The molecule has 0 saturated heterocycles.